The summed E-state index contributed by atoms with van der Waals surface area (Å²) < 4.78 is 4.80. The van der Waals surface area contributed by atoms with Crippen molar-refractivity contribution in [2.45, 2.75) is 26.0 Å². The summed E-state index contributed by atoms with van der Waals surface area (Å²) in [7, 11) is 0. The van der Waals surface area contributed by atoms with Gasteiger partial charge in [-0.1, -0.05) is 30.3 Å². The minimum Gasteiger partial charge on any atom is -0.416 e. The number of cyclic esters (lactones) is 1. The van der Waals surface area contributed by atoms with Crippen molar-refractivity contribution in [3.05, 3.63) is 35.9 Å². The molecule has 0 spiro atoms. The fraction of sp³-hybridized carbons (Fsp3) is 0.333. The molecule has 1 heterocycles. The van der Waals surface area contributed by atoms with Crippen molar-refractivity contribution >= 4 is 12.1 Å². The predicted octanol–water partition coefficient (Wildman–Crippen LogP) is 1.88. The van der Waals surface area contributed by atoms with Crippen molar-refractivity contribution in [2.75, 3.05) is 0 Å². The fourth-order valence-corrected chi connectivity index (χ4v) is 1.56. The number of nitrogens with zero attached hydrogens (tertiary/aromatic N) is 1. The number of hydrogen-bond acceptors (Lipinski definition) is 4. The Labute approximate surface area is 98.9 Å². The lowest BCUT2D eigenvalue weighted by atomic mass is 10.1. The van der Waals surface area contributed by atoms with E-state index in [0.717, 1.165) is 10.6 Å². The van der Waals surface area contributed by atoms with Gasteiger partial charge in [0.15, 0.2) is 5.60 Å². The zero-order chi connectivity index (χ0) is 12.5. The summed E-state index contributed by atoms with van der Waals surface area (Å²) in [5, 5.41) is 1.03. The van der Waals surface area contributed by atoms with Crippen molar-refractivity contribution in [3.63, 3.8) is 0 Å². The first-order valence-electron chi connectivity index (χ1n) is 5.26. The normalized spacial score (nSPS) is 18.6. The van der Waals surface area contributed by atoms with E-state index in [2.05, 4.69) is 0 Å². The third-order valence-corrected chi connectivity index (χ3v) is 2.43. The van der Waals surface area contributed by atoms with Gasteiger partial charge in [-0.15, -0.1) is 0 Å². The summed E-state index contributed by atoms with van der Waals surface area (Å²) in [5.74, 6) is -0.374. The molecule has 0 bridgehead atoms. The lowest BCUT2D eigenvalue weighted by Crippen LogP contribution is -2.53. The average Bonchev–Trinajstić information content (AvgIpc) is 2.26. The maximum Gasteiger partial charge on any atom is 0.534 e. The van der Waals surface area contributed by atoms with E-state index in [0.29, 0.717) is 0 Å². The second kappa shape index (κ2) is 4.08. The van der Waals surface area contributed by atoms with Crippen LogP contribution in [0.3, 0.4) is 0 Å². The highest BCUT2D eigenvalue weighted by Crippen LogP contribution is 2.22. The summed E-state index contributed by atoms with van der Waals surface area (Å²) in [6.45, 7) is 3.29. The molecule has 5 heteroatoms. The molecule has 0 aromatic heterocycles. The summed E-state index contributed by atoms with van der Waals surface area (Å²) in [6, 6.07) is 9.29. The van der Waals surface area contributed by atoms with E-state index >= 15 is 0 Å². The molecule has 17 heavy (non-hydrogen) atoms. The van der Waals surface area contributed by atoms with Gasteiger partial charge in [0.05, 0.1) is 6.54 Å². The van der Waals surface area contributed by atoms with Gasteiger partial charge in [0.2, 0.25) is 0 Å². The van der Waals surface area contributed by atoms with Crippen molar-refractivity contribution < 1.29 is 19.2 Å². The first-order chi connectivity index (χ1) is 7.99. The van der Waals surface area contributed by atoms with E-state index in [-0.39, 0.29) is 12.5 Å². The van der Waals surface area contributed by atoms with Crippen LogP contribution >= 0.6 is 0 Å². The summed E-state index contributed by atoms with van der Waals surface area (Å²) in [6.07, 6.45) is -0.856. The summed E-state index contributed by atoms with van der Waals surface area (Å²) in [5.41, 5.74) is -0.296. The Bertz CT molecular complexity index is 441. The number of carbonyl (C=O) groups is 2. The Hall–Kier alpha value is -2.04. The van der Waals surface area contributed by atoms with E-state index in [1.807, 2.05) is 30.3 Å². The van der Waals surface area contributed by atoms with E-state index in [9.17, 15) is 9.59 Å². The molecule has 1 aromatic carbocycles. The molecule has 1 fully saturated rings. The van der Waals surface area contributed by atoms with Gasteiger partial charge < -0.3 is 9.57 Å². The summed E-state index contributed by atoms with van der Waals surface area (Å²) >= 11 is 0. The third-order valence-electron chi connectivity index (χ3n) is 2.43. The first-order valence-corrected chi connectivity index (χ1v) is 5.26. The zero-order valence-corrected chi connectivity index (χ0v) is 9.67. The summed E-state index contributed by atoms with van der Waals surface area (Å²) in [4.78, 5) is 27.9. The van der Waals surface area contributed by atoms with Crippen molar-refractivity contribution in [3.8, 4) is 0 Å². The van der Waals surface area contributed by atoms with Gasteiger partial charge in [-0.05, 0) is 19.4 Å². The highest BCUT2D eigenvalue weighted by Gasteiger charge is 2.43. The highest BCUT2D eigenvalue weighted by molar-refractivity contribution is 5.88. The SMILES string of the molecule is CC1(C)OC(=O)ON(Cc2ccccc2)C1=O. The number of carbonyl (C=O) groups excluding carboxylic acids is 2. The van der Waals surface area contributed by atoms with Gasteiger partial charge in [0.25, 0.3) is 5.91 Å². The molecule has 1 saturated heterocycles. The van der Waals surface area contributed by atoms with Crippen LogP contribution in [0.15, 0.2) is 30.3 Å². The van der Waals surface area contributed by atoms with Gasteiger partial charge in [-0.25, -0.2) is 4.79 Å². The van der Waals surface area contributed by atoms with Crippen LogP contribution < -0.4 is 0 Å². The number of hydrogen-bond donors (Lipinski definition) is 0. The van der Waals surface area contributed by atoms with Crippen molar-refractivity contribution in [2.24, 2.45) is 0 Å². The van der Waals surface area contributed by atoms with Crippen molar-refractivity contribution in [1.82, 2.24) is 5.06 Å². The Balaban J connectivity index is 2.15. The Morgan fingerprint density at radius 3 is 2.47 bits per heavy atom. The van der Waals surface area contributed by atoms with Gasteiger partial charge >= 0.3 is 6.16 Å². The van der Waals surface area contributed by atoms with Crippen LogP contribution in [0.25, 0.3) is 0 Å². The van der Waals surface area contributed by atoms with Crippen LogP contribution in [0, 0.1) is 0 Å². The van der Waals surface area contributed by atoms with Crippen LogP contribution in [0.1, 0.15) is 19.4 Å². The first kappa shape index (κ1) is 11.4. The molecule has 0 saturated carbocycles. The van der Waals surface area contributed by atoms with Gasteiger partial charge in [-0.2, -0.15) is 5.06 Å². The number of hydroxylamine groups is 2. The molecule has 0 unspecified atom stereocenters. The van der Waals surface area contributed by atoms with Crippen LogP contribution in [-0.4, -0.2) is 22.7 Å². The maximum absolute atomic E-state index is 11.9. The predicted molar refractivity (Wildman–Crippen MR) is 58.6 cm³/mol. The molecule has 0 aliphatic carbocycles. The Morgan fingerprint density at radius 1 is 1.18 bits per heavy atom. The molecule has 5 nitrogen and oxygen atoms in total. The molecule has 1 aliphatic rings. The molecule has 2 rings (SSSR count). The number of rotatable bonds is 2. The van der Waals surface area contributed by atoms with Gasteiger partial charge in [0, 0.05) is 0 Å². The topological polar surface area (TPSA) is 55.8 Å². The maximum atomic E-state index is 11.9. The lowest BCUT2D eigenvalue weighted by Gasteiger charge is -2.34. The number of amides is 1. The zero-order valence-electron chi connectivity index (χ0n) is 9.67. The molecule has 1 aromatic rings. The molecule has 0 N–H and O–H groups in total. The van der Waals surface area contributed by atoms with Gasteiger partial charge in [0.1, 0.15) is 0 Å². The minimum absolute atomic E-state index is 0.220. The van der Waals surface area contributed by atoms with E-state index in [1.165, 1.54) is 13.8 Å². The number of benzene rings is 1. The van der Waals surface area contributed by atoms with Crippen LogP contribution in [-0.2, 0) is 20.9 Å². The monoisotopic (exact) mass is 235 g/mol. The van der Waals surface area contributed by atoms with E-state index in [4.69, 9.17) is 9.57 Å². The average molecular weight is 235 g/mol. The van der Waals surface area contributed by atoms with Crippen LogP contribution in [0.2, 0.25) is 0 Å². The molecule has 0 radical (unpaired) electrons. The largest absolute Gasteiger partial charge is 0.534 e. The van der Waals surface area contributed by atoms with Gasteiger partial charge in [-0.3, -0.25) is 4.79 Å². The Morgan fingerprint density at radius 2 is 1.82 bits per heavy atom. The molecular formula is C12H13NO4. The van der Waals surface area contributed by atoms with Crippen molar-refractivity contribution in [1.29, 1.82) is 0 Å². The minimum atomic E-state index is -1.18. The van der Waals surface area contributed by atoms with Crippen LogP contribution in [0.5, 0.6) is 0 Å². The number of ether oxygens (including phenoxy) is 1. The Kier molecular flexibility index (Phi) is 2.75. The smallest absolute Gasteiger partial charge is 0.416 e. The van der Waals surface area contributed by atoms with E-state index < -0.39 is 11.8 Å². The third kappa shape index (κ3) is 2.38. The highest BCUT2D eigenvalue weighted by atomic mass is 16.8. The molecule has 1 amide bonds. The second-order valence-electron chi connectivity index (χ2n) is 4.28. The van der Waals surface area contributed by atoms with Crippen LogP contribution in [0.4, 0.5) is 4.79 Å². The molecule has 1 aliphatic heterocycles. The standard InChI is InChI=1S/C12H13NO4/c1-12(2)10(14)13(17-11(15)16-12)8-9-6-4-3-5-7-9/h3-7H,8H2,1-2H3. The molecular weight excluding hydrogens is 222 g/mol. The second-order valence-corrected chi connectivity index (χ2v) is 4.28. The quantitative estimate of drug-likeness (QED) is 0.734. The fourth-order valence-electron chi connectivity index (χ4n) is 1.56. The molecule has 90 valence electrons. The lowest BCUT2D eigenvalue weighted by molar-refractivity contribution is -0.218. The van der Waals surface area contributed by atoms with E-state index in [1.54, 1.807) is 0 Å². The molecule has 0 atom stereocenters.